The maximum absolute atomic E-state index is 11.9. The fourth-order valence-electron chi connectivity index (χ4n) is 2.35. The molecule has 1 aliphatic rings. The number of morpholine rings is 1. The van der Waals surface area contributed by atoms with Crippen LogP contribution in [-0.4, -0.2) is 49.8 Å². The largest absolute Gasteiger partial charge is 0.459 e. The van der Waals surface area contributed by atoms with Crippen LogP contribution in [-0.2, 0) is 9.47 Å². The average molecular weight is 297 g/mol. The molecule has 0 amide bonds. The summed E-state index contributed by atoms with van der Waals surface area (Å²) >= 11 is 1.47. The fraction of sp³-hybridized carbons (Fsp3) is 0.667. The van der Waals surface area contributed by atoms with Gasteiger partial charge in [-0.25, -0.2) is 4.79 Å². The van der Waals surface area contributed by atoms with E-state index in [9.17, 15) is 4.79 Å². The van der Waals surface area contributed by atoms with E-state index >= 15 is 0 Å². The summed E-state index contributed by atoms with van der Waals surface area (Å²) in [4.78, 5) is 16.0. The van der Waals surface area contributed by atoms with Gasteiger partial charge in [-0.3, -0.25) is 4.90 Å². The number of ether oxygens (including phenoxy) is 2. The summed E-state index contributed by atoms with van der Waals surface area (Å²) in [5, 5.41) is 0. The van der Waals surface area contributed by atoms with Gasteiger partial charge in [0.2, 0.25) is 0 Å². The van der Waals surface area contributed by atoms with Gasteiger partial charge in [-0.1, -0.05) is 13.8 Å². The summed E-state index contributed by atoms with van der Waals surface area (Å²) in [5.41, 5.74) is 0. The molecular weight excluding hydrogens is 274 g/mol. The van der Waals surface area contributed by atoms with Gasteiger partial charge >= 0.3 is 5.97 Å². The standard InChI is InChI=1S/C15H23NO3S/c1-11(2)8-16-6-7-18-13(9-16)10-19-15(17)14-5-4-12(3)20-14/h4-5,11,13H,6-10H2,1-3H3. The van der Waals surface area contributed by atoms with Gasteiger partial charge in [0.25, 0.3) is 0 Å². The quantitative estimate of drug-likeness (QED) is 0.783. The molecular formula is C15H23NO3S. The Balaban J connectivity index is 1.77. The van der Waals surface area contributed by atoms with Crippen LogP contribution in [0.25, 0.3) is 0 Å². The van der Waals surface area contributed by atoms with Gasteiger partial charge in [0.15, 0.2) is 0 Å². The van der Waals surface area contributed by atoms with E-state index in [1.54, 1.807) is 0 Å². The lowest BCUT2D eigenvalue weighted by Crippen LogP contribution is -2.45. The molecule has 0 spiro atoms. The third-order valence-electron chi connectivity index (χ3n) is 3.19. The highest BCUT2D eigenvalue weighted by Gasteiger charge is 2.22. The second-order valence-corrected chi connectivity index (χ2v) is 6.94. The van der Waals surface area contributed by atoms with Crippen molar-refractivity contribution in [3.63, 3.8) is 0 Å². The summed E-state index contributed by atoms with van der Waals surface area (Å²) in [6, 6.07) is 3.75. The summed E-state index contributed by atoms with van der Waals surface area (Å²) in [6.45, 7) is 10.3. The van der Waals surface area contributed by atoms with Crippen LogP contribution in [0.3, 0.4) is 0 Å². The predicted octanol–water partition coefficient (Wildman–Crippen LogP) is 2.57. The molecule has 20 heavy (non-hydrogen) atoms. The Labute approximate surface area is 124 Å². The zero-order valence-corrected chi connectivity index (χ0v) is 13.2. The third-order valence-corrected chi connectivity index (χ3v) is 4.17. The minimum Gasteiger partial charge on any atom is -0.459 e. The molecule has 2 heterocycles. The normalized spacial score (nSPS) is 20.3. The second-order valence-electron chi connectivity index (χ2n) is 5.65. The van der Waals surface area contributed by atoms with Crippen LogP contribution in [0, 0.1) is 12.8 Å². The van der Waals surface area contributed by atoms with Gasteiger partial charge in [-0.15, -0.1) is 11.3 Å². The number of carbonyl (C=O) groups excluding carboxylic acids is 1. The minimum absolute atomic E-state index is 0.00694. The van der Waals surface area contributed by atoms with Gasteiger partial charge in [0.05, 0.1) is 6.61 Å². The molecule has 0 saturated carbocycles. The number of aryl methyl sites for hydroxylation is 1. The lowest BCUT2D eigenvalue weighted by atomic mass is 10.2. The zero-order chi connectivity index (χ0) is 14.5. The first kappa shape index (κ1) is 15.5. The monoisotopic (exact) mass is 297 g/mol. The van der Waals surface area contributed by atoms with E-state index in [0.29, 0.717) is 24.0 Å². The second kappa shape index (κ2) is 7.20. The Morgan fingerprint density at radius 1 is 1.55 bits per heavy atom. The number of hydrogen-bond donors (Lipinski definition) is 0. The maximum Gasteiger partial charge on any atom is 0.348 e. The number of hydrogen-bond acceptors (Lipinski definition) is 5. The van der Waals surface area contributed by atoms with E-state index in [0.717, 1.165) is 24.5 Å². The van der Waals surface area contributed by atoms with Gasteiger partial charge in [-0.05, 0) is 25.0 Å². The molecule has 0 N–H and O–H groups in total. The number of rotatable bonds is 5. The summed E-state index contributed by atoms with van der Waals surface area (Å²) < 4.78 is 11.0. The van der Waals surface area contributed by atoms with Crippen molar-refractivity contribution < 1.29 is 14.3 Å². The van der Waals surface area contributed by atoms with Crippen molar-refractivity contribution in [3.05, 3.63) is 21.9 Å². The average Bonchev–Trinajstić information content (AvgIpc) is 2.82. The Morgan fingerprint density at radius 3 is 3.00 bits per heavy atom. The van der Waals surface area contributed by atoms with Crippen LogP contribution in [0.15, 0.2) is 12.1 Å². The van der Waals surface area contributed by atoms with E-state index < -0.39 is 0 Å². The molecule has 112 valence electrons. The lowest BCUT2D eigenvalue weighted by molar-refractivity contribution is -0.0611. The first-order chi connectivity index (χ1) is 9.54. The third kappa shape index (κ3) is 4.58. The van der Waals surface area contributed by atoms with E-state index in [4.69, 9.17) is 9.47 Å². The molecule has 0 radical (unpaired) electrons. The van der Waals surface area contributed by atoms with E-state index in [2.05, 4.69) is 18.7 Å². The van der Waals surface area contributed by atoms with Gasteiger partial charge in [0, 0.05) is 24.5 Å². The van der Waals surface area contributed by atoms with E-state index in [1.807, 2.05) is 19.1 Å². The highest BCUT2D eigenvalue weighted by Crippen LogP contribution is 2.16. The summed E-state index contributed by atoms with van der Waals surface area (Å²) in [5.74, 6) is 0.401. The van der Waals surface area contributed by atoms with Crippen LogP contribution < -0.4 is 0 Å². The SMILES string of the molecule is Cc1ccc(C(=O)OCC2CN(CC(C)C)CCO2)s1. The molecule has 1 fully saturated rings. The predicted molar refractivity (Wildman–Crippen MR) is 80.4 cm³/mol. The van der Waals surface area contributed by atoms with Crippen molar-refractivity contribution >= 4 is 17.3 Å². The van der Waals surface area contributed by atoms with Crippen molar-refractivity contribution in [2.45, 2.75) is 26.9 Å². The molecule has 4 nitrogen and oxygen atoms in total. The molecule has 1 atom stereocenters. The molecule has 0 aliphatic carbocycles. The molecule has 0 aromatic carbocycles. The van der Waals surface area contributed by atoms with Crippen LogP contribution in [0.1, 0.15) is 28.4 Å². The molecule has 1 aromatic rings. The van der Waals surface area contributed by atoms with Crippen LogP contribution >= 0.6 is 11.3 Å². The molecule has 1 unspecified atom stereocenters. The zero-order valence-electron chi connectivity index (χ0n) is 12.4. The smallest absolute Gasteiger partial charge is 0.348 e. The summed E-state index contributed by atoms with van der Waals surface area (Å²) in [6.07, 6.45) is -0.00694. The fourth-order valence-corrected chi connectivity index (χ4v) is 3.11. The van der Waals surface area contributed by atoms with Crippen LogP contribution in [0.2, 0.25) is 0 Å². The van der Waals surface area contributed by atoms with Crippen molar-refractivity contribution in [3.8, 4) is 0 Å². The molecule has 1 aromatic heterocycles. The first-order valence-electron chi connectivity index (χ1n) is 7.12. The number of nitrogens with zero attached hydrogens (tertiary/aromatic N) is 1. The Bertz CT molecular complexity index is 444. The number of esters is 1. The lowest BCUT2D eigenvalue weighted by Gasteiger charge is -2.33. The van der Waals surface area contributed by atoms with Crippen LogP contribution in [0.4, 0.5) is 0 Å². The Morgan fingerprint density at radius 2 is 2.35 bits per heavy atom. The number of thiophene rings is 1. The van der Waals surface area contributed by atoms with E-state index in [1.165, 1.54) is 11.3 Å². The van der Waals surface area contributed by atoms with Crippen LogP contribution in [0.5, 0.6) is 0 Å². The molecule has 2 rings (SSSR count). The topological polar surface area (TPSA) is 38.8 Å². The van der Waals surface area contributed by atoms with Gasteiger partial charge < -0.3 is 9.47 Å². The number of carbonyl (C=O) groups is 1. The van der Waals surface area contributed by atoms with Crippen molar-refractivity contribution in [1.82, 2.24) is 4.90 Å². The molecule has 1 saturated heterocycles. The Kier molecular flexibility index (Phi) is 5.57. The molecule has 5 heteroatoms. The minimum atomic E-state index is -0.243. The van der Waals surface area contributed by atoms with Crippen molar-refractivity contribution in [2.24, 2.45) is 5.92 Å². The van der Waals surface area contributed by atoms with E-state index in [-0.39, 0.29) is 12.1 Å². The maximum atomic E-state index is 11.9. The molecule has 1 aliphatic heterocycles. The molecule has 0 bridgehead atoms. The first-order valence-corrected chi connectivity index (χ1v) is 7.93. The van der Waals surface area contributed by atoms with Crippen molar-refractivity contribution in [1.29, 1.82) is 0 Å². The highest BCUT2D eigenvalue weighted by atomic mass is 32.1. The van der Waals surface area contributed by atoms with Gasteiger partial charge in [-0.2, -0.15) is 0 Å². The summed E-state index contributed by atoms with van der Waals surface area (Å²) in [7, 11) is 0. The van der Waals surface area contributed by atoms with Crippen molar-refractivity contribution in [2.75, 3.05) is 32.8 Å². The van der Waals surface area contributed by atoms with Gasteiger partial charge in [0.1, 0.15) is 17.6 Å². The highest BCUT2D eigenvalue weighted by molar-refractivity contribution is 7.13. The Hall–Kier alpha value is -0.910.